The lowest BCUT2D eigenvalue weighted by Gasteiger charge is -2.09. The molecule has 3 nitrogen and oxygen atoms in total. The lowest BCUT2D eigenvalue weighted by molar-refractivity contribution is 0.769. The molecule has 0 atom stereocenters. The molecule has 2 aromatic heterocycles. The van der Waals surface area contributed by atoms with Gasteiger partial charge in [0.25, 0.3) is 0 Å². The molecule has 0 aliphatic rings. The molecule has 0 saturated carbocycles. The molecule has 0 saturated heterocycles. The van der Waals surface area contributed by atoms with Gasteiger partial charge >= 0.3 is 0 Å². The summed E-state index contributed by atoms with van der Waals surface area (Å²) in [5, 5.41) is 7.52. The van der Waals surface area contributed by atoms with Crippen LogP contribution in [0, 0.1) is 0 Å². The fourth-order valence-electron chi connectivity index (χ4n) is 1.37. The average molecular weight is 312 g/mol. The third-order valence-electron chi connectivity index (χ3n) is 2.28. The summed E-state index contributed by atoms with van der Waals surface area (Å²) < 4.78 is 0.823. The zero-order valence-corrected chi connectivity index (χ0v) is 12.2. The summed E-state index contributed by atoms with van der Waals surface area (Å²) in [5.74, 6) is 2.04. The predicted octanol–water partition coefficient (Wildman–Crippen LogP) is 4.04. The van der Waals surface area contributed by atoms with Crippen LogP contribution in [0.4, 0.5) is 5.82 Å². The molecule has 0 aliphatic heterocycles. The zero-order chi connectivity index (χ0) is 12.3. The Morgan fingerprint density at radius 1 is 1.41 bits per heavy atom. The van der Waals surface area contributed by atoms with Crippen LogP contribution in [0.2, 0.25) is 0 Å². The molecule has 2 heterocycles. The molecular weight excluding hydrogens is 298 g/mol. The van der Waals surface area contributed by atoms with Crippen molar-refractivity contribution in [2.45, 2.75) is 26.3 Å². The third-order valence-corrected chi connectivity index (χ3v) is 3.42. The Hall–Kier alpha value is -0.940. The van der Waals surface area contributed by atoms with Crippen molar-refractivity contribution >= 4 is 33.1 Å². The summed E-state index contributed by atoms with van der Waals surface area (Å²) in [4.78, 5) is 8.83. The van der Waals surface area contributed by atoms with E-state index in [1.54, 1.807) is 11.3 Å². The number of anilines is 1. The van der Waals surface area contributed by atoms with E-state index in [-0.39, 0.29) is 0 Å². The zero-order valence-electron chi connectivity index (χ0n) is 9.77. The van der Waals surface area contributed by atoms with Crippen LogP contribution in [0.3, 0.4) is 0 Å². The van der Waals surface area contributed by atoms with Crippen LogP contribution in [-0.2, 0) is 6.54 Å². The topological polar surface area (TPSA) is 37.8 Å². The molecule has 0 aromatic carbocycles. The van der Waals surface area contributed by atoms with Crippen LogP contribution in [0.25, 0.3) is 0 Å². The van der Waals surface area contributed by atoms with Crippen molar-refractivity contribution in [1.29, 1.82) is 0 Å². The Morgan fingerprint density at radius 3 is 2.88 bits per heavy atom. The van der Waals surface area contributed by atoms with E-state index < -0.39 is 0 Å². The highest BCUT2D eigenvalue weighted by Crippen LogP contribution is 2.18. The minimum Gasteiger partial charge on any atom is -0.366 e. The normalized spacial score (nSPS) is 10.8. The maximum absolute atomic E-state index is 4.48. The highest BCUT2D eigenvalue weighted by atomic mass is 79.9. The van der Waals surface area contributed by atoms with E-state index in [1.165, 1.54) is 5.56 Å². The standard InChI is InChI=1S/C12H14BrN3S/c1-8(2)12-15-10(13)5-11(16-12)14-6-9-3-4-17-7-9/h3-5,7-8H,6H2,1-2H3,(H,14,15,16). The molecule has 17 heavy (non-hydrogen) atoms. The van der Waals surface area contributed by atoms with Crippen molar-refractivity contribution in [3.05, 3.63) is 38.9 Å². The van der Waals surface area contributed by atoms with E-state index in [1.807, 2.05) is 6.07 Å². The molecule has 0 fully saturated rings. The van der Waals surface area contributed by atoms with Gasteiger partial charge in [0.05, 0.1) is 0 Å². The fraction of sp³-hybridized carbons (Fsp3) is 0.333. The molecule has 0 bridgehead atoms. The van der Waals surface area contributed by atoms with Gasteiger partial charge in [0.1, 0.15) is 16.2 Å². The van der Waals surface area contributed by atoms with E-state index in [2.05, 4.69) is 61.9 Å². The maximum atomic E-state index is 4.48. The van der Waals surface area contributed by atoms with Crippen molar-refractivity contribution in [2.24, 2.45) is 0 Å². The number of nitrogens with one attached hydrogen (secondary N) is 1. The number of thiophene rings is 1. The first-order chi connectivity index (χ1) is 8.15. The number of hydrogen-bond acceptors (Lipinski definition) is 4. The Labute approximate surface area is 113 Å². The van der Waals surface area contributed by atoms with Gasteiger partial charge in [0, 0.05) is 18.5 Å². The quantitative estimate of drug-likeness (QED) is 0.866. The molecule has 2 aromatic rings. The minimum absolute atomic E-state index is 0.328. The van der Waals surface area contributed by atoms with Gasteiger partial charge in [-0.1, -0.05) is 13.8 Å². The molecule has 0 aliphatic carbocycles. The maximum Gasteiger partial charge on any atom is 0.134 e. The first-order valence-corrected chi connectivity index (χ1v) is 7.18. The van der Waals surface area contributed by atoms with Crippen LogP contribution in [0.15, 0.2) is 27.5 Å². The van der Waals surface area contributed by atoms with Gasteiger partial charge in [-0.15, -0.1) is 0 Å². The molecule has 1 N–H and O–H groups in total. The smallest absolute Gasteiger partial charge is 0.134 e. The second-order valence-corrected chi connectivity index (χ2v) is 5.67. The Bertz CT molecular complexity index is 483. The largest absolute Gasteiger partial charge is 0.366 e. The number of rotatable bonds is 4. The second-order valence-electron chi connectivity index (χ2n) is 4.07. The Balaban J connectivity index is 2.10. The van der Waals surface area contributed by atoms with Crippen molar-refractivity contribution in [1.82, 2.24) is 9.97 Å². The summed E-state index contributed by atoms with van der Waals surface area (Å²) in [7, 11) is 0. The van der Waals surface area contributed by atoms with E-state index in [9.17, 15) is 0 Å². The SMILES string of the molecule is CC(C)c1nc(Br)cc(NCc2ccsc2)n1. The Kier molecular flexibility index (Phi) is 4.12. The molecule has 2 rings (SSSR count). The minimum atomic E-state index is 0.328. The van der Waals surface area contributed by atoms with Gasteiger partial charge in [-0.3, -0.25) is 0 Å². The molecule has 90 valence electrons. The van der Waals surface area contributed by atoms with Crippen LogP contribution in [-0.4, -0.2) is 9.97 Å². The molecule has 0 spiro atoms. The summed E-state index contributed by atoms with van der Waals surface area (Å²) in [6.07, 6.45) is 0. The van der Waals surface area contributed by atoms with E-state index >= 15 is 0 Å². The highest BCUT2D eigenvalue weighted by molar-refractivity contribution is 9.10. The van der Waals surface area contributed by atoms with E-state index in [0.717, 1.165) is 22.8 Å². The molecule has 0 radical (unpaired) electrons. The predicted molar refractivity (Wildman–Crippen MR) is 75.5 cm³/mol. The van der Waals surface area contributed by atoms with Crippen molar-refractivity contribution in [3.8, 4) is 0 Å². The van der Waals surface area contributed by atoms with Crippen LogP contribution >= 0.6 is 27.3 Å². The molecule has 0 unspecified atom stereocenters. The number of halogens is 1. The summed E-state index contributed by atoms with van der Waals surface area (Å²) in [5.41, 5.74) is 1.27. The van der Waals surface area contributed by atoms with Crippen molar-refractivity contribution in [2.75, 3.05) is 5.32 Å². The van der Waals surface area contributed by atoms with Gasteiger partial charge in [-0.2, -0.15) is 11.3 Å². The summed E-state index contributed by atoms with van der Waals surface area (Å²) >= 11 is 5.11. The van der Waals surface area contributed by atoms with Crippen molar-refractivity contribution < 1.29 is 0 Å². The fourth-order valence-corrected chi connectivity index (χ4v) is 2.44. The van der Waals surface area contributed by atoms with Crippen molar-refractivity contribution in [3.63, 3.8) is 0 Å². The molecule has 5 heteroatoms. The lowest BCUT2D eigenvalue weighted by Crippen LogP contribution is -2.05. The van der Waals surface area contributed by atoms with Gasteiger partial charge in [0.15, 0.2) is 0 Å². The monoisotopic (exact) mass is 311 g/mol. The number of nitrogens with zero attached hydrogens (tertiary/aromatic N) is 2. The van der Waals surface area contributed by atoms with Gasteiger partial charge in [-0.25, -0.2) is 9.97 Å². The highest BCUT2D eigenvalue weighted by Gasteiger charge is 2.06. The van der Waals surface area contributed by atoms with Gasteiger partial charge in [0.2, 0.25) is 0 Å². The first kappa shape index (κ1) is 12.5. The third kappa shape index (κ3) is 3.51. The number of hydrogen-bond donors (Lipinski definition) is 1. The Morgan fingerprint density at radius 2 is 2.24 bits per heavy atom. The van der Waals surface area contributed by atoms with Gasteiger partial charge in [-0.05, 0) is 38.3 Å². The van der Waals surface area contributed by atoms with Gasteiger partial charge < -0.3 is 5.32 Å². The lowest BCUT2D eigenvalue weighted by atomic mass is 10.2. The molecule has 0 amide bonds. The molecular formula is C12H14BrN3S. The number of aromatic nitrogens is 2. The average Bonchev–Trinajstić information content (AvgIpc) is 2.78. The summed E-state index contributed by atoms with van der Waals surface area (Å²) in [6.45, 7) is 4.97. The van der Waals surface area contributed by atoms with Crippen LogP contribution in [0.5, 0.6) is 0 Å². The van der Waals surface area contributed by atoms with E-state index in [4.69, 9.17) is 0 Å². The van der Waals surface area contributed by atoms with Crippen LogP contribution in [0.1, 0.15) is 31.2 Å². The summed E-state index contributed by atoms with van der Waals surface area (Å²) in [6, 6.07) is 4.01. The van der Waals surface area contributed by atoms with Crippen LogP contribution < -0.4 is 5.32 Å². The first-order valence-electron chi connectivity index (χ1n) is 5.44. The van der Waals surface area contributed by atoms with E-state index in [0.29, 0.717) is 5.92 Å². The second kappa shape index (κ2) is 5.60.